The summed E-state index contributed by atoms with van der Waals surface area (Å²) in [5.41, 5.74) is 11.0. The highest BCUT2D eigenvalue weighted by Gasteiger charge is 2.16. The SMILES string of the molecule is CCc1ccc(C(C)(C)N)cc1-c1ccccc1. The first-order valence-electron chi connectivity index (χ1n) is 6.50. The van der Waals surface area contributed by atoms with Crippen LogP contribution in [0.15, 0.2) is 48.5 Å². The summed E-state index contributed by atoms with van der Waals surface area (Å²) < 4.78 is 0. The lowest BCUT2D eigenvalue weighted by atomic mass is 9.89. The Labute approximate surface area is 110 Å². The zero-order valence-electron chi connectivity index (χ0n) is 11.4. The van der Waals surface area contributed by atoms with E-state index in [9.17, 15) is 0 Å². The molecule has 0 saturated heterocycles. The van der Waals surface area contributed by atoms with Gasteiger partial charge < -0.3 is 5.73 Å². The van der Waals surface area contributed by atoms with Gasteiger partial charge >= 0.3 is 0 Å². The monoisotopic (exact) mass is 239 g/mol. The topological polar surface area (TPSA) is 26.0 Å². The minimum Gasteiger partial charge on any atom is -0.322 e. The fraction of sp³-hybridized carbons (Fsp3) is 0.294. The van der Waals surface area contributed by atoms with Gasteiger partial charge in [-0.2, -0.15) is 0 Å². The van der Waals surface area contributed by atoms with Gasteiger partial charge in [0.25, 0.3) is 0 Å². The van der Waals surface area contributed by atoms with Crippen molar-refractivity contribution in [1.29, 1.82) is 0 Å². The van der Waals surface area contributed by atoms with Crippen molar-refractivity contribution in [2.75, 3.05) is 0 Å². The number of rotatable bonds is 3. The number of benzene rings is 2. The lowest BCUT2D eigenvalue weighted by molar-refractivity contribution is 0.554. The molecule has 0 saturated carbocycles. The summed E-state index contributed by atoms with van der Waals surface area (Å²) in [5, 5.41) is 0. The summed E-state index contributed by atoms with van der Waals surface area (Å²) >= 11 is 0. The lowest BCUT2D eigenvalue weighted by Gasteiger charge is -2.21. The van der Waals surface area contributed by atoms with Gasteiger partial charge in [0, 0.05) is 5.54 Å². The van der Waals surface area contributed by atoms with E-state index in [1.165, 1.54) is 22.3 Å². The summed E-state index contributed by atoms with van der Waals surface area (Å²) in [6, 6.07) is 17.1. The molecule has 2 aromatic rings. The average molecular weight is 239 g/mol. The first-order chi connectivity index (χ1) is 8.52. The normalized spacial score (nSPS) is 11.6. The van der Waals surface area contributed by atoms with Crippen LogP contribution in [0.2, 0.25) is 0 Å². The lowest BCUT2D eigenvalue weighted by Crippen LogP contribution is -2.28. The maximum atomic E-state index is 6.20. The third kappa shape index (κ3) is 2.62. The Morgan fingerprint density at radius 3 is 2.22 bits per heavy atom. The number of hydrogen-bond donors (Lipinski definition) is 1. The second-order valence-corrected chi connectivity index (χ2v) is 5.31. The molecule has 0 radical (unpaired) electrons. The molecule has 94 valence electrons. The molecule has 0 atom stereocenters. The Hall–Kier alpha value is -1.60. The average Bonchev–Trinajstić information content (AvgIpc) is 2.38. The van der Waals surface area contributed by atoms with Crippen LogP contribution in [0.5, 0.6) is 0 Å². The Bertz CT molecular complexity index is 521. The van der Waals surface area contributed by atoms with Crippen LogP contribution < -0.4 is 5.73 Å². The van der Waals surface area contributed by atoms with Crippen molar-refractivity contribution in [2.45, 2.75) is 32.7 Å². The number of hydrogen-bond acceptors (Lipinski definition) is 1. The van der Waals surface area contributed by atoms with Crippen LogP contribution in [0.1, 0.15) is 31.9 Å². The predicted molar refractivity (Wildman–Crippen MR) is 78.5 cm³/mol. The standard InChI is InChI=1S/C17H21N/c1-4-13-10-11-15(17(2,3)18)12-16(13)14-8-6-5-7-9-14/h5-12H,4,18H2,1-3H3. The summed E-state index contributed by atoms with van der Waals surface area (Å²) in [6.45, 7) is 6.28. The molecule has 2 rings (SSSR count). The Morgan fingerprint density at radius 1 is 1.00 bits per heavy atom. The summed E-state index contributed by atoms with van der Waals surface area (Å²) in [6.07, 6.45) is 1.04. The predicted octanol–water partition coefficient (Wildman–Crippen LogP) is 4.11. The highest BCUT2D eigenvalue weighted by Crippen LogP contribution is 2.28. The van der Waals surface area contributed by atoms with E-state index in [0.717, 1.165) is 6.42 Å². The first kappa shape index (κ1) is 12.8. The van der Waals surface area contributed by atoms with E-state index in [4.69, 9.17) is 5.73 Å². The maximum Gasteiger partial charge on any atom is 0.0352 e. The quantitative estimate of drug-likeness (QED) is 0.857. The summed E-state index contributed by atoms with van der Waals surface area (Å²) in [4.78, 5) is 0. The van der Waals surface area contributed by atoms with Crippen LogP contribution in [0.4, 0.5) is 0 Å². The first-order valence-corrected chi connectivity index (χ1v) is 6.50. The molecule has 2 aromatic carbocycles. The highest BCUT2D eigenvalue weighted by atomic mass is 14.7. The van der Waals surface area contributed by atoms with Crippen molar-refractivity contribution >= 4 is 0 Å². The molecule has 0 amide bonds. The number of aryl methyl sites for hydroxylation is 1. The molecule has 1 nitrogen and oxygen atoms in total. The molecule has 0 unspecified atom stereocenters. The van der Waals surface area contributed by atoms with Crippen molar-refractivity contribution < 1.29 is 0 Å². The van der Waals surface area contributed by atoms with Gasteiger partial charge in [0.2, 0.25) is 0 Å². The van der Waals surface area contributed by atoms with E-state index >= 15 is 0 Å². The Kier molecular flexibility index (Phi) is 3.53. The van der Waals surface area contributed by atoms with Gasteiger partial charge in [-0.3, -0.25) is 0 Å². The van der Waals surface area contributed by atoms with Crippen molar-refractivity contribution in [3.63, 3.8) is 0 Å². The smallest absolute Gasteiger partial charge is 0.0352 e. The van der Waals surface area contributed by atoms with Crippen LogP contribution in [0.3, 0.4) is 0 Å². The Balaban J connectivity index is 2.57. The molecule has 0 heterocycles. The van der Waals surface area contributed by atoms with Crippen LogP contribution in [0, 0.1) is 0 Å². The van der Waals surface area contributed by atoms with Crippen molar-refractivity contribution in [2.24, 2.45) is 5.73 Å². The van der Waals surface area contributed by atoms with E-state index in [-0.39, 0.29) is 5.54 Å². The molecule has 0 fully saturated rings. The van der Waals surface area contributed by atoms with Gasteiger partial charge in [-0.1, -0.05) is 49.4 Å². The third-order valence-electron chi connectivity index (χ3n) is 3.32. The molecule has 1 heteroatoms. The van der Waals surface area contributed by atoms with Crippen molar-refractivity contribution in [3.05, 3.63) is 59.7 Å². The third-order valence-corrected chi connectivity index (χ3v) is 3.32. The zero-order chi connectivity index (χ0) is 13.2. The molecule has 2 N–H and O–H groups in total. The minimum absolute atomic E-state index is 0.296. The molecule has 0 spiro atoms. The van der Waals surface area contributed by atoms with Crippen LogP contribution in [0.25, 0.3) is 11.1 Å². The minimum atomic E-state index is -0.296. The van der Waals surface area contributed by atoms with Gasteiger partial charge in [-0.05, 0) is 48.6 Å². The Morgan fingerprint density at radius 2 is 1.67 bits per heavy atom. The fourth-order valence-electron chi connectivity index (χ4n) is 2.17. The summed E-state index contributed by atoms with van der Waals surface area (Å²) in [5.74, 6) is 0. The summed E-state index contributed by atoms with van der Waals surface area (Å²) in [7, 11) is 0. The van der Waals surface area contributed by atoms with E-state index in [0.29, 0.717) is 0 Å². The molecular weight excluding hydrogens is 218 g/mol. The second kappa shape index (κ2) is 4.95. The molecule has 0 bridgehead atoms. The van der Waals surface area contributed by atoms with Gasteiger partial charge in [-0.25, -0.2) is 0 Å². The fourth-order valence-corrected chi connectivity index (χ4v) is 2.17. The van der Waals surface area contributed by atoms with Crippen molar-refractivity contribution in [1.82, 2.24) is 0 Å². The van der Waals surface area contributed by atoms with Gasteiger partial charge in [-0.15, -0.1) is 0 Å². The van der Waals surface area contributed by atoms with E-state index < -0.39 is 0 Å². The van der Waals surface area contributed by atoms with Crippen molar-refractivity contribution in [3.8, 4) is 11.1 Å². The van der Waals surface area contributed by atoms with Crippen LogP contribution >= 0.6 is 0 Å². The zero-order valence-corrected chi connectivity index (χ0v) is 11.4. The van der Waals surface area contributed by atoms with Gasteiger partial charge in [0.15, 0.2) is 0 Å². The molecule has 0 aliphatic rings. The maximum absolute atomic E-state index is 6.20. The molecule has 18 heavy (non-hydrogen) atoms. The highest BCUT2D eigenvalue weighted by molar-refractivity contribution is 5.68. The molecular formula is C17H21N. The molecule has 0 aromatic heterocycles. The molecule has 0 aliphatic heterocycles. The van der Waals surface area contributed by atoms with Gasteiger partial charge in [0.05, 0.1) is 0 Å². The van der Waals surface area contributed by atoms with Crippen LogP contribution in [-0.2, 0) is 12.0 Å². The molecule has 0 aliphatic carbocycles. The van der Waals surface area contributed by atoms with E-state index in [2.05, 4.69) is 49.4 Å². The van der Waals surface area contributed by atoms with E-state index in [1.54, 1.807) is 0 Å². The second-order valence-electron chi connectivity index (χ2n) is 5.31. The van der Waals surface area contributed by atoms with E-state index in [1.807, 2.05) is 19.9 Å². The van der Waals surface area contributed by atoms with Gasteiger partial charge in [0.1, 0.15) is 0 Å². The van der Waals surface area contributed by atoms with Crippen LogP contribution in [-0.4, -0.2) is 0 Å². The largest absolute Gasteiger partial charge is 0.322 e. The number of nitrogens with two attached hydrogens (primary N) is 1.